The molecule has 8 rings (SSSR count). The van der Waals surface area contributed by atoms with Gasteiger partial charge in [-0.15, -0.1) is 20.5 Å². The van der Waals surface area contributed by atoms with E-state index >= 15 is 0 Å². The lowest BCUT2D eigenvalue weighted by molar-refractivity contribution is -0.114. The molecule has 0 radical (unpaired) electrons. The number of carbonyl (C=O) groups excluding carboxylic acids is 1. The summed E-state index contributed by atoms with van der Waals surface area (Å²) >= 11 is 12.3. The number of nitrogens with two attached hydrogens (primary N) is 2. The molecule has 0 spiro atoms. The SMILES string of the molecule is C=C(NC(N=C(N)Cl)=NCCN1CCN(c2nc(Cl)nc(Nc3ccc(N=Nc4c(N)c(S(=O)(=O)O)cc5cc(S(=O)(=O)O)cc(O)c45)c(S(=O)(=O)O)c3)n2)CC1)Nc1cc(NC(C)=O)c(N=Nc2ccc3c(S(=O)(=O)O)cccc3c2S(=O)(=O)O)cc1OC. The molecular formula is C48H47Cl2N17O18S5. The van der Waals surface area contributed by atoms with Crippen molar-refractivity contribution in [1.82, 2.24) is 25.2 Å². The monoisotopic (exact) mass is 1380 g/mol. The predicted octanol–water partition coefficient (Wildman–Crippen LogP) is 6.10. The van der Waals surface area contributed by atoms with E-state index in [1.807, 2.05) is 4.90 Å². The third-order valence-corrected chi connectivity index (χ3v) is 17.3. The smallest absolute Gasteiger partial charge is 0.297 e. The summed E-state index contributed by atoms with van der Waals surface area (Å²) in [5, 5.41) is 35.6. The molecule has 0 atom stereocenters. The standard InChI is InChI=1S/C48H47Cl2N17O18S5/c1-23(54-34-21-32(56-24(2)68)33(22-36(34)85-3)64-63-31-10-8-28-29(43(31)90(82,83)84)5-4-6-37(28)87(73,74)75)55-46(58-44(49)52)53-11-12-66-13-15-67(16-14-66)48-60-45(50)59-47(61-48)57-26-7-9-30(38(19-26)88(76,77)78)62-65-42-40-25(18-39(41(42)51)89(79,80)81)17-27(20-35(40)69)86(70,71)72/h4-10,17-22,54,69H,1,11-16,51H2,2-3H3,(H,56,68)(H,70,71,72)(H,73,74,75)(H,76,77,78)(H,79,80,81)(H,82,83,84)(H3,52,53,55,58)(H,57,59,60,61). The molecule has 0 unspecified atom stereocenters. The van der Waals surface area contributed by atoms with Crippen molar-refractivity contribution in [3.8, 4) is 11.5 Å². The number of aliphatic imine (C=N–C) groups is 2. The Morgan fingerprint density at radius 1 is 0.722 bits per heavy atom. The van der Waals surface area contributed by atoms with Gasteiger partial charge in [0, 0.05) is 68.2 Å². The third kappa shape index (κ3) is 16.1. The van der Waals surface area contributed by atoms with Crippen molar-refractivity contribution in [2.24, 2.45) is 36.2 Å². The summed E-state index contributed by atoms with van der Waals surface area (Å²) in [7, 11) is -23.9. The minimum Gasteiger partial charge on any atom is -0.507 e. The van der Waals surface area contributed by atoms with E-state index in [1.165, 1.54) is 38.3 Å². The largest absolute Gasteiger partial charge is 0.507 e. The summed E-state index contributed by atoms with van der Waals surface area (Å²) in [6.07, 6.45) is 0. The number of nitrogens with one attached hydrogen (secondary N) is 4. The Labute approximate surface area is 520 Å². The molecule has 42 heteroatoms. The van der Waals surface area contributed by atoms with Crippen LogP contribution in [0.2, 0.25) is 5.28 Å². The first-order valence-corrected chi connectivity index (χ1v) is 32.9. The Hall–Kier alpha value is -8.91. The molecule has 476 valence electrons. The highest BCUT2D eigenvalue weighted by molar-refractivity contribution is 7.87. The maximum absolute atomic E-state index is 12.7. The molecule has 6 aromatic carbocycles. The predicted molar refractivity (Wildman–Crippen MR) is 328 cm³/mol. The van der Waals surface area contributed by atoms with Gasteiger partial charge in [0.05, 0.1) is 41.0 Å². The molecule has 7 aromatic rings. The lowest BCUT2D eigenvalue weighted by Crippen LogP contribution is -2.47. The van der Waals surface area contributed by atoms with E-state index in [9.17, 15) is 74.8 Å². The topological polar surface area (TPSA) is 538 Å². The molecule has 1 amide bonds. The summed E-state index contributed by atoms with van der Waals surface area (Å²) < 4.78 is 178. The number of fused-ring (bicyclic) bond motifs is 2. The number of benzene rings is 6. The fourth-order valence-corrected chi connectivity index (χ4v) is 12.4. The Bertz CT molecular complexity index is 4840. The third-order valence-electron chi connectivity index (χ3n) is 12.6. The maximum Gasteiger partial charge on any atom is 0.297 e. The van der Waals surface area contributed by atoms with Crippen LogP contribution in [-0.2, 0) is 55.4 Å². The molecule has 1 fully saturated rings. The van der Waals surface area contributed by atoms with Gasteiger partial charge in [-0.25, -0.2) is 4.99 Å². The second-order valence-corrected chi connectivity index (χ2v) is 26.4. The number of piperazine rings is 1. The van der Waals surface area contributed by atoms with Gasteiger partial charge in [-0.1, -0.05) is 24.8 Å². The van der Waals surface area contributed by atoms with Crippen molar-refractivity contribution >= 4 is 170 Å². The number of phenolic OH excluding ortho intramolecular Hbond substituents is 1. The number of ether oxygens (including phenoxy) is 1. The number of anilines is 6. The highest BCUT2D eigenvalue weighted by atomic mass is 35.5. The Kier molecular flexibility index (Phi) is 19.6. The van der Waals surface area contributed by atoms with Crippen LogP contribution in [0.15, 0.2) is 146 Å². The number of carbonyl (C=O) groups is 1. The first-order chi connectivity index (χ1) is 42.0. The highest BCUT2D eigenvalue weighted by Gasteiger charge is 2.28. The quantitative estimate of drug-likeness (QED) is 0.0102. The number of aromatic nitrogens is 3. The number of hydrogen-bond acceptors (Lipinski definition) is 26. The molecule has 1 aliphatic rings. The second kappa shape index (κ2) is 26.3. The van der Waals surface area contributed by atoms with Crippen molar-refractivity contribution in [2.75, 3.05) is 73.0 Å². The number of azo groups is 2. The van der Waals surface area contributed by atoms with Crippen molar-refractivity contribution < 1.29 is 79.5 Å². The van der Waals surface area contributed by atoms with Crippen LogP contribution in [0.5, 0.6) is 11.5 Å². The first-order valence-electron chi connectivity index (χ1n) is 24.9. The van der Waals surface area contributed by atoms with Crippen LogP contribution in [0.4, 0.5) is 57.4 Å². The van der Waals surface area contributed by atoms with Crippen molar-refractivity contribution in [2.45, 2.75) is 31.4 Å². The molecule has 1 aliphatic heterocycles. The minimum atomic E-state index is -5.16. The van der Waals surface area contributed by atoms with Crippen LogP contribution < -0.4 is 42.4 Å². The van der Waals surface area contributed by atoms with Gasteiger partial charge in [0.2, 0.25) is 29.0 Å². The van der Waals surface area contributed by atoms with E-state index < -0.39 is 126 Å². The summed E-state index contributed by atoms with van der Waals surface area (Å²) in [6, 6.07) is 13.4. The van der Waals surface area contributed by atoms with E-state index in [0.717, 1.165) is 42.5 Å². The maximum atomic E-state index is 12.7. The van der Waals surface area contributed by atoms with Crippen molar-refractivity contribution in [3.63, 3.8) is 0 Å². The Balaban J connectivity index is 0.932. The van der Waals surface area contributed by atoms with Gasteiger partial charge >= 0.3 is 0 Å². The Morgan fingerprint density at radius 3 is 2.00 bits per heavy atom. The molecule has 0 saturated carbocycles. The number of amidine groups is 1. The molecule has 1 saturated heterocycles. The summed E-state index contributed by atoms with van der Waals surface area (Å²) in [6.45, 7) is 7.23. The van der Waals surface area contributed by atoms with Gasteiger partial charge < -0.3 is 47.5 Å². The van der Waals surface area contributed by atoms with E-state index in [0.29, 0.717) is 44.9 Å². The lowest BCUT2D eigenvalue weighted by Gasteiger charge is -2.34. The zero-order valence-corrected chi connectivity index (χ0v) is 51.5. The van der Waals surface area contributed by atoms with Crippen molar-refractivity contribution in [1.29, 1.82) is 0 Å². The summed E-state index contributed by atoms with van der Waals surface area (Å²) in [4.78, 5) is 33.2. The second-order valence-electron chi connectivity index (χ2n) is 18.7. The van der Waals surface area contributed by atoms with E-state index in [4.69, 9.17) is 39.4 Å². The average Bonchev–Trinajstić information content (AvgIpc) is 0.767. The number of halogens is 2. The van der Waals surface area contributed by atoms with Gasteiger partial charge in [-0.3, -0.25) is 32.5 Å². The number of aromatic hydroxyl groups is 1. The zero-order valence-electron chi connectivity index (χ0n) is 45.9. The number of nitrogen functional groups attached to an aromatic ring is 1. The fraction of sp³-hybridized carbons (Fsp3) is 0.167. The number of nitrogens with zero attached hydrogens (tertiary/aromatic N) is 11. The van der Waals surface area contributed by atoms with Crippen LogP contribution in [0.3, 0.4) is 0 Å². The fourth-order valence-electron chi connectivity index (χ4n) is 8.76. The van der Waals surface area contributed by atoms with Crippen molar-refractivity contribution in [3.05, 3.63) is 96.5 Å². The molecule has 0 aliphatic carbocycles. The summed E-state index contributed by atoms with van der Waals surface area (Å²) in [5.74, 6) is -1.53. The summed E-state index contributed by atoms with van der Waals surface area (Å²) in [5.41, 5.74) is 9.21. The van der Waals surface area contributed by atoms with Crippen LogP contribution in [0.1, 0.15) is 6.92 Å². The van der Waals surface area contributed by atoms with Gasteiger partial charge in [0.25, 0.3) is 50.6 Å². The van der Waals surface area contributed by atoms with Crippen LogP contribution >= 0.6 is 23.2 Å². The molecule has 35 nitrogen and oxygen atoms in total. The van der Waals surface area contributed by atoms with Gasteiger partial charge in [-0.2, -0.15) is 62.0 Å². The molecule has 14 N–H and O–H groups in total. The Morgan fingerprint density at radius 2 is 1.38 bits per heavy atom. The number of hydrogen-bond donors (Lipinski definition) is 12. The molecule has 2 heterocycles. The van der Waals surface area contributed by atoms with Crippen LogP contribution in [-0.4, -0.2) is 153 Å². The minimum absolute atomic E-state index is 0.00694. The number of phenols is 1. The number of guanidine groups is 1. The normalized spacial score (nSPS) is 14.2. The number of amides is 1. The van der Waals surface area contributed by atoms with E-state index in [1.54, 1.807) is 4.90 Å². The highest BCUT2D eigenvalue weighted by Crippen LogP contribution is 2.45. The van der Waals surface area contributed by atoms with Gasteiger partial charge in [0.1, 0.15) is 59.7 Å². The lowest BCUT2D eigenvalue weighted by atomic mass is 10.1. The number of rotatable bonds is 20. The average molecular weight is 1380 g/mol. The number of methoxy groups -OCH3 is 1. The van der Waals surface area contributed by atoms with Gasteiger partial charge in [0.15, 0.2) is 5.29 Å². The molecule has 1 aromatic heterocycles. The molecule has 90 heavy (non-hydrogen) atoms. The van der Waals surface area contributed by atoms with E-state index in [-0.39, 0.29) is 74.8 Å². The molecule has 0 bridgehead atoms. The zero-order chi connectivity index (χ0) is 66.0. The van der Waals surface area contributed by atoms with E-state index in [2.05, 4.69) is 73.2 Å². The van der Waals surface area contributed by atoms with Gasteiger partial charge in [-0.05, 0) is 77.1 Å². The molecular weight excluding hydrogens is 1330 g/mol. The van der Waals surface area contributed by atoms with Crippen LogP contribution in [0.25, 0.3) is 21.5 Å². The van der Waals surface area contributed by atoms with Crippen LogP contribution in [0, 0.1) is 0 Å². The first kappa shape index (κ1) is 67.0.